The molecule has 16 heavy (non-hydrogen) atoms. The van der Waals surface area contributed by atoms with Crippen molar-refractivity contribution in [3.8, 4) is 6.07 Å². The van der Waals surface area contributed by atoms with E-state index in [0.29, 0.717) is 5.69 Å². The zero-order valence-corrected chi connectivity index (χ0v) is 8.62. The smallest absolute Gasteiger partial charge is 0.309 e. The number of halogens is 3. The molecule has 1 aromatic rings. The molecule has 1 rings (SSSR count). The van der Waals surface area contributed by atoms with Gasteiger partial charge in [0.05, 0.1) is 11.8 Å². The van der Waals surface area contributed by atoms with Gasteiger partial charge in [-0.25, -0.2) is 0 Å². The molecule has 0 aliphatic rings. The summed E-state index contributed by atoms with van der Waals surface area (Å²) in [5.41, 5.74) is 0.640. The summed E-state index contributed by atoms with van der Waals surface area (Å²) in [5, 5.41) is 14.9. The van der Waals surface area contributed by atoms with Crippen LogP contribution in [0.25, 0.3) is 0 Å². The van der Waals surface area contributed by atoms with Gasteiger partial charge in [0.25, 0.3) is 0 Å². The Morgan fingerprint density at radius 3 is 2.75 bits per heavy atom. The van der Waals surface area contributed by atoms with Crippen LogP contribution in [-0.2, 0) is 13.6 Å². The van der Waals surface area contributed by atoms with Gasteiger partial charge in [-0.15, -0.1) is 0 Å². The van der Waals surface area contributed by atoms with E-state index in [1.807, 2.05) is 0 Å². The van der Waals surface area contributed by atoms with E-state index in [1.54, 1.807) is 24.0 Å². The highest BCUT2D eigenvalue weighted by molar-refractivity contribution is 4.98. The Balaban J connectivity index is 2.38. The zero-order chi connectivity index (χ0) is 12.2. The summed E-state index contributed by atoms with van der Waals surface area (Å²) in [5.74, 6) is -1.98. The molecule has 88 valence electrons. The van der Waals surface area contributed by atoms with Crippen molar-refractivity contribution in [3.05, 3.63) is 18.0 Å². The van der Waals surface area contributed by atoms with Crippen LogP contribution in [0.15, 0.2) is 12.3 Å². The third-order valence-corrected chi connectivity index (χ3v) is 1.97. The Labute approximate surface area is 90.7 Å². The summed E-state index contributed by atoms with van der Waals surface area (Å²) in [6, 6.07) is 2.92. The van der Waals surface area contributed by atoms with Gasteiger partial charge in [-0.2, -0.15) is 23.5 Å². The number of alkyl halides is 3. The van der Waals surface area contributed by atoms with Gasteiger partial charge in [0.1, 0.15) is 0 Å². The number of nitrogens with one attached hydrogen (secondary N) is 1. The molecule has 1 N–H and O–H groups in total. The monoisotopic (exact) mass is 232 g/mol. The fourth-order valence-electron chi connectivity index (χ4n) is 1.14. The molecule has 0 radical (unpaired) electrons. The average molecular weight is 232 g/mol. The number of rotatable bonds is 4. The third-order valence-electron chi connectivity index (χ3n) is 1.97. The summed E-state index contributed by atoms with van der Waals surface area (Å²) < 4.78 is 38.1. The second-order valence-corrected chi connectivity index (χ2v) is 3.33. The molecule has 0 amide bonds. The first-order chi connectivity index (χ1) is 7.43. The molecule has 1 aromatic heterocycles. The van der Waals surface area contributed by atoms with Crippen molar-refractivity contribution in [1.29, 1.82) is 5.26 Å². The Hall–Kier alpha value is -1.55. The van der Waals surface area contributed by atoms with Crippen molar-refractivity contribution in [2.45, 2.75) is 12.7 Å². The average Bonchev–Trinajstić information content (AvgIpc) is 2.57. The molecule has 1 atom stereocenters. The molecule has 0 aromatic carbocycles. The van der Waals surface area contributed by atoms with Crippen LogP contribution in [0.5, 0.6) is 0 Å². The van der Waals surface area contributed by atoms with Crippen LogP contribution in [0.3, 0.4) is 0 Å². The molecule has 0 spiro atoms. The fourth-order valence-corrected chi connectivity index (χ4v) is 1.14. The Bertz CT molecular complexity index is 377. The summed E-state index contributed by atoms with van der Waals surface area (Å²) in [4.78, 5) is 0. The van der Waals surface area contributed by atoms with Gasteiger partial charge in [-0.1, -0.05) is 0 Å². The quantitative estimate of drug-likeness (QED) is 0.849. The van der Waals surface area contributed by atoms with Crippen molar-refractivity contribution in [1.82, 2.24) is 15.1 Å². The molecule has 4 nitrogen and oxygen atoms in total. The Morgan fingerprint density at radius 2 is 2.31 bits per heavy atom. The van der Waals surface area contributed by atoms with E-state index < -0.39 is 18.6 Å². The summed E-state index contributed by atoms with van der Waals surface area (Å²) >= 11 is 0. The maximum Gasteiger partial charge on any atom is 0.405 e. The van der Waals surface area contributed by atoms with E-state index in [2.05, 4.69) is 10.4 Å². The van der Waals surface area contributed by atoms with Crippen LogP contribution < -0.4 is 5.32 Å². The number of hydrogen-bond acceptors (Lipinski definition) is 3. The molecule has 0 aliphatic heterocycles. The van der Waals surface area contributed by atoms with Gasteiger partial charge in [0.15, 0.2) is 5.92 Å². The topological polar surface area (TPSA) is 53.6 Å². The molecule has 0 fully saturated rings. The Kier molecular flexibility index (Phi) is 3.90. The van der Waals surface area contributed by atoms with Crippen LogP contribution in [-0.4, -0.2) is 22.5 Å². The van der Waals surface area contributed by atoms with E-state index in [9.17, 15) is 13.2 Å². The second kappa shape index (κ2) is 4.99. The van der Waals surface area contributed by atoms with Gasteiger partial charge in [0.2, 0.25) is 0 Å². The van der Waals surface area contributed by atoms with Gasteiger partial charge in [0, 0.05) is 26.3 Å². The lowest BCUT2D eigenvalue weighted by atomic mass is 10.1. The van der Waals surface area contributed by atoms with Gasteiger partial charge in [-0.3, -0.25) is 4.68 Å². The van der Waals surface area contributed by atoms with Crippen LogP contribution in [0.4, 0.5) is 13.2 Å². The van der Waals surface area contributed by atoms with Crippen LogP contribution >= 0.6 is 0 Å². The highest BCUT2D eigenvalue weighted by Crippen LogP contribution is 2.24. The van der Waals surface area contributed by atoms with E-state index in [-0.39, 0.29) is 6.54 Å². The summed E-state index contributed by atoms with van der Waals surface area (Å²) in [7, 11) is 1.72. The molecule has 7 heteroatoms. The lowest BCUT2D eigenvalue weighted by molar-refractivity contribution is -0.157. The number of nitrogens with zero attached hydrogens (tertiary/aromatic N) is 3. The zero-order valence-electron chi connectivity index (χ0n) is 8.62. The van der Waals surface area contributed by atoms with Gasteiger partial charge >= 0.3 is 6.18 Å². The van der Waals surface area contributed by atoms with E-state index >= 15 is 0 Å². The number of hydrogen-bond donors (Lipinski definition) is 1. The van der Waals surface area contributed by atoms with Crippen molar-refractivity contribution >= 4 is 0 Å². The molecular weight excluding hydrogens is 221 g/mol. The van der Waals surface area contributed by atoms with Crippen molar-refractivity contribution in [2.75, 3.05) is 6.54 Å². The van der Waals surface area contributed by atoms with Crippen molar-refractivity contribution in [3.63, 3.8) is 0 Å². The minimum atomic E-state index is -4.48. The SMILES string of the molecule is Cn1ccc(CNCC(C#N)C(F)(F)F)n1. The van der Waals surface area contributed by atoms with E-state index in [1.165, 1.54) is 6.07 Å². The van der Waals surface area contributed by atoms with E-state index in [4.69, 9.17) is 5.26 Å². The third kappa shape index (κ3) is 3.55. The molecule has 0 saturated heterocycles. The summed E-state index contributed by atoms with van der Waals surface area (Å²) in [6.07, 6.45) is -2.78. The maximum absolute atomic E-state index is 12.2. The number of aryl methyl sites for hydroxylation is 1. The predicted molar refractivity (Wildman–Crippen MR) is 50.1 cm³/mol. The van der Waals surface area contributed by atoms with Crippen LogP contribution in [0.1, 0.15) is 5.69 Å². The molecule has 0 aliphatic carbocycles. The lowest BCUT2D eigenvalue weighted by Crippen LogP contribution is -2.32. The maximum atomic E-state index is 12.2. The van der Waals surface area contributed by atoms with Crippen LogP contribution in [0.2, 0.25) is 0 Å². The fraction of sp³-hybridized carbons (Fsp3) is 0.556. The second-order valence-electron chi connectivity index (χ2n) is 3.33. The standard InChI is InChI=1S/C9H11F3N4/c1-16-3-2-8(15-16)6-14-5-7(4-13)9(10,11)12/h2-3,7,14H,5-6H2,1H3. The highest BCUT2D eigenvalue weighted by atomic mass is 19.4. The molecule has 1 unspecified atom stereocenters. The number of nitriles is 1. The molecule has 1 heterocycles. The van der Waals surface area contributed by atoms with Crippen molar-refractivity contribution < 1.29 is 13.2 Å². The minimum absolute atomic E-state index is 0.217. The largest absolute Gasteiger partial charge is 0.405 e. The van der Waals surface area contributed by atoms with Gasteiger partial charge in [-0.05, 0) is 6.07 Å². The first kappa shape index (κ1) is 12.5. The lowest BCUT2D eigenvalue weighted by Gasteiger charge is -2.13. The predicted octanol–water partition coefficient (Wildman–Crippen LogP) is 1.21. The molecular formula is C9H11F3N4. The number of aromatic nitrogens is 2. The summed E-state index contributed by atoms with van der Waals surface area (Å²) in [6.45, 7) is -0.203. The molecule has 0 bridgehead atoms. The van der Waals surface area contributed by atoms with E-state index in [0.717, 1.165) is 0 Å². The Morgan fingerprint density at radius 1 is 1.62 bits per heavy atom. The molecule has 0 saturated carbocycles. The van der Waals surface area contributed by atoms with Crippen molar-refractivity contribution in [2.24, 2.45) is 13.0 Å². The van der Waals surface area contributed by atoms with Crippen LogP contribution in [0, 0.1) is 17.2 Å². The highest BCUT2D eigenvalue weighted by Gasteiger charge is 2.39. The normalized spacial score (nSPS) is 13.4. The van der Waals surface area contributed by atoms with Gasteiger partial charge < -0.3 is 5.32 Å². The first-order valence-corrected chi connectivity index (χ1v) is 4.59. The first-order valence-electron chi connectivity index (χ1n) is 4.59. The minimum Gasteiger partial charge on any atom is -0.309 e.